The summed E-state index contributed by atoms with van der Waals surface area (Å²) in [4.78, 5) is 19.1. The zero-order valence-corrected chi connectivity index (χ0v) is 14.6. The Kier molecular flexibility index (Phi) is 5.05. The van der Waals surface area contributed by atoms with Crippen LogP contribution in [0.3, 0.4) is 0 Å². The lowest BCUT2D eigenvalue weighted by Crippen LogP contribution is -2.34. The third-order valence-corrected chi connectivity index (χ3v) is 4.72. The molecule has 0 fully saturated rings. The van der Waals surface area contributed by atoms with Gasteiger partial charge in [0.25, 0.3) is 0 Å². The highest BCUT2D eigenvalue weighted by atomic mass is 32.1. The average Bonchev–Trinajstić information content (AvgIpc) is 3.28. The summed E-state index contributed by atoms with van der Waals surface area (Å²) in [6, 6.07) is 11.6. The molecule has 24 heavy (non-hydrogen) atoms. The normalized spacial score (nSPS) is 12.1. The predicted molar refractivity (Wildman–Crippen MR) is 95.6 cm³/mol. The smallest absolute Gasteiger partial charge is 0.247 e. The van der Waals surface area contributed by atoms with Gasteiger partial charge in [-0.05, 0) is 12.5 Å². The zero-order valence-electron chi connectivity index (χ0n) is 13.8. The van der Waals surface area contributed by atoms with E-state index in [1.165, 1.54) is 0 Å². The predicted octanol–water partition coefficient (Wildman–Crippen LogP) is 3.62. The molecule has 1 amide bonds. The molecule has 0 saturated carbocycles. The number of carbonyl (C=O) groups excluding carboxylic acids is 1. The monoisotopic (exact) mass is 340 g/mol. The van der Waals surface area contributed by atoms with Gasteiger partial charge < -0.3 is 4.90 Å². The number of aromatic nitrogens is 3. The van der Waals surface area contributed by atoms with Gasteiger partial charge in [0.2, 0.25) is 5.91 Å². The highest BCUT2D eigenvalue weighted by Gasteiger charge is 2.23. The van der Waals surface area contributed by atoms with Crippen LogP contribution in [0.5, 0.6) is 0 Å². The van der Waals surface area contributed by atoms with Crippen LogP contribution in [-0.4, -0.2) is 32.6 Å². The molecule has 6 heteroatoms. The number of amides is 1. The molecule has 0 saturated heterocycles. The highest BCUT2D eigenvalue weighted by Crippen LogP contribution is 2.23. The molecule has 0 N–H and O–H groups in total. The number of benzene rings is 1. The topological polar surface area (TPSA) is 51.0 Å². The molecule has 3 aromatic rings. The molecule has 0 spiro atoms. The Morgan fingerprint density at radius 2 is 2.08 bits per heavy atom. The van der Waals surface area contributed by atoms with Crippen molar-refractivity contribution >= 4 is 17.2 Å². The van der Waals surface area contributed by atoms with E-state index >= 15 is 0 Å². The maximum Gasteiger partial charge on any atom is 0.247 e. The van der Waals surface area contributed by atoms with Crippen molar-refractivity contribution in [2.75, 3.05) is 7.05 Å². The van der Waals surface area contributed by atoms with Crippen molar-refractivity contribution < 1.29 is 4.79 Å². The Morgan fingerprint density at radius 1 is 1.29 bits per heavy atom. The van der Waals surface area contributed by atoms with Crippen molar-refractivity contribution in [1.82, 2.24) is 19.7 Å². The number of carbonyl (C=O) groups is 1. The van der Waals surface area contributed by atoms with Gasteiger partial charge in [0.1, 0.15) is 11.0 Å². The Bertz CT molecular complexity index is 782. The lowest BCUT2D eigenvalue weighted by molar-refractivity contribution is -0.134. The van der Waals surface area contributed by atoms with E-state index in [1.807, 2.05) is 61.9 Å². The molecule has 2 heterocycles. The van der Waals surface area contributed by atoms with Gasteiger partial charge in [0, 0.05) is 30.4 Å². The maximum atomic E-state index is 12.7. The van der Waals surface area contributed by atoms with E-state index in [0.29, 0.717) is 13.0 Å². The Hall–Kier alpha value is -2.47. The first-order chi connectivity index (χ1) is 11.7. The second-order valence-electron chi connectivity index (χ2n) is 5.60. The minimum Gasteiger partial charge on any atom is -0.337 e. The van der Waals surface area contributed by atoms with E-state index in [0.717, 1.165) is 16.3 Å². The van der Waals surface area contributed by atoms with Crippen molar-refractivity contribution in [2.45, 2.75) is 25.9 Å². The van der Waals surface area contributed by atoms with E-state index < -0.39 is 0 Å². The number of likely N-dealkylation sites (N-methyl/N-ethyl adjacent to an activating group) is 1. The average molecular weight is 340 g/mol. The fourth-order valence-corrected chi connectivity index (χ4v) is 3.46. The van der Waals surface area contributed by atoms with Gasteiger partial charge in [-0.2, -0.15) is 5.10 Å². The molecule has 0 aliphatic heterocycles. The van der Waals surface area contributed by atoms with Gasteiger partial charge in [-0.1, -0.05) is 37.3 Å². The number of hydrogen-bond donors (Lipinski definition) is 0. The minimum atomic E-state index is -0.265. The minimum absolute atomic E-state index is 0.0534. The zero-order chi connectivity index (χ0) is 16.9. The molecule has 0 aliphatic rings. The SMILES string of the molecule is CC[C@@H](C(=O)N(C)Cc1nc(-c2ccccc2)cs1)n1cccn1. The number of nitrogens with zero attached hydrogens (tertiary/aromatic N) is 4. The van der Waals surface area contributed by atoms with Gasteiger partial charge in [0.15, 0.2) is 0 Å². The molecular formula is C18H20N4OS. The fraction of sp³-hybridized carbons (Fsp3) is 0.278. The van der Waals surface area contributed by atoms with Crippen LogP contribution >= 0.6 is 11.3 Å². The second-order valence-corrected chi connectivity index (χ2v) is 6.54. The summed E-state index contributed by atoms with van der Waals surface area (Å²) < 4.78 is 1.72. The van der Waals surface area contributed by atoms with Gasteiger partial charge in [-0.25, -0.2) is 4.98 Å². The Labute approximate surface area is 145 Å². The molecule has 2 aromatic heterocycles. The molecule has 3 rings (SSSR count). The second kappa shape index (κ2) is 7.40. The highest BCUT2D eigenvalue weighted by molar-refractivity contribution is 7.09. The standard InChI is InChI=1S/C18H20N4OS/c1-3-16(22-11-7-10-19-22)18(23)21(2)12-17-20-15(13-24-17)14-8-5-4-6-9-14/h4-11,13,16H,3,12H2,1-2H3/t16-/m0/s1. The van der Waals surface area contributed by atoms with Crippen LogP contribution in [0, 0.1) is 0 Å². The summed E-state index contributed by atoms with van der Waals surface area (Å²) in [7, 11) is 1.82. The van der Waals surface area contributed by atoms with E-state index in [-0.39, 0.29) is 11.9 Å². The lowest BCUT2D eigenvalue weighted by Gasteiger charge is -2.22. The van der Waals surface area contributed by atoms with Gasteiger partial charge in [0.05, 0.1) is 12.2 Å². The fourth-order valence-electron chi connectivity index (χ4n) is 2.60. The van der Waals surface area contributed by atoms with Crippen molar-refractivity contribution in [2.24, 2.45) is 0 Å². The Morgan fingerprint density at radius 3 is 2.75 bits per heavy atom. The third kappa shape index (κ3) is 3.54. The first-order valence-electron chi connectivity index (χ1n) is 7.93. The van der Waals surface area contributed by atoms with E-state index in [4.69, 9.17) is 0 Å². The number of thiazole rings is 1. The van der Waals surface area contributed by atoms with Crippen molar-refractivity contribution in [3.05, 3.63) is 59.2 Å². The van der Waals surface area contributed by atoms with Gasteiger partial charge in [-0.15, -0.1) is 11.3 Å². The van der Waals surface area contributed by atoms with E-state index in [2.05, 4.69) is 10.1 Å². The molecule has 5 nitrogen and oxygen atoms in total. The van der Waals surface area contributed by atoms with Crippen LogP contribution in [0.4, 0.5) is 0 Å². The summed E-state index contributed by atoms with van der Waals surface area (Å²) in [5, 5.41) is 7.16. The van der Waals surface area contributed by atoms with Crippen LogP contribution in [0.1, 0.15) is 24.4 Å². The van der Waals surface area contributed by atoms with Crippen molar-refractivity contribution in [1.29, 1.82) is 0 Å². The third-order valence-electron chi connectivity index (χ3n) is 3.89. The first kappa shape index (κ1) is 16.4. The molecule has 124 valence electrons. The molecule has 1 atom stereocenters. The molecule has 0 unspecified atom stereocenters. The number of rotatable bonds is 6. The molecule has 0 aliphatic carbocycles. The van der Waals surface area contributed by atoms with Crippen LogP contribution in [-0.2, 0) is 11.3 Å². The van der Waals surface area contributed by atoms with E-state index in [9.17, 15) is 4.79 Å². The van der Waals surface area contributed by atoms with Crippen LogP contribution in [0.25, 0.3) is 11.3 Å². The van der Waals surface area contributed by atoms with Crippen molar-refractivity contribution in [3.8, 4) is 11.3 Å². The van der Waals surface area contributed by atoms with Gasteiger partial charge >= 0.3 is 0 Å². The summed E-state index contributed by atoms with van der Waals surface area (Å²) in [5.41, 5.74) is 2.05. The first-order valence-corrected chi connectivity index (χ1v) is 8.81. The summed E-state index contributed by atoms with van der Waals surface area (Å²) in [5.74, 6) is 0.0534. The number of hydrogen-bond acceptors (Lipinski definition) is 4. The summed E-state index contributed by atoms with van der Waals surface area (Å²) in [6.07, 6.45) is 4.23. The summed E-state index contributed by atoms with van der Waals surface area (Å²) in [6.45, 7) is 2.50. The van der Waals surface area contributed by atoms with E-state index in [1.54, 1.807) is 27.1 Å². The summed E-state index contributed by atoms with van der Waals surface area (Å²) >= 11 is 1.58. The lowest BCUT2D eigenvalue weighted by atomic mass is 10.2. The Balaban J connectivity index is 1.69. The molecular weight excluding hydrogens is 320 g/mol. The molecule has 0 bridgehead atoms. The maximum absolute atomic E-state index is 12.7. The quantitative estimate of drug-likeness (QED) is 0.689. The molecule has 0 radical (unpaired) electrons. The van der Waals surface area contributed by atoms with Crippen molar-refractivity contribution in [3.63, 3.8) is 0 Å². The van der Waals surface area contributed by atoms with Crippen LogP contribution < -0.4 is 0 Å². The molecule has 1 aromatic carbocycles. The largest absolute Gasteiger partial charge is 0.337 e. The van der Waals surface area contributed by atoms with Crippen LogP contribution in [0.15, 0.2) is 54.2 Å². The van der Waals surface area contributed by atoms with Gasteiger partial charge in [-0.3, -0.25) is 9.48 Å². The van der Waals surface area contributed by atoms with Crippen LogP contribution in [0.2, 0.25) is 0 Å².